The highest BCUT2D eigenvalue weighted by molar-refractivity contribution is 5.65. The molecule has 0 radical (unpaired) electrons. The number of carbonyl (C=O) groups is 1. The molecule has 0 saturated carbocycles. The molecule has 128 valence electrons. The summed E-state index contributed by atoms with van der Waals surface area (Å²) in [7, 11) is 0. The molecular weight excluding hydrogens is 272 g/mol. The fourth-order valence-electron chi connectivity index (χ4n) is 1.42. The average Bonchev–Trinajstić information content (AvgIpc) is 2.27. The van der Waals surface area contributed by atoms with Gasteiger partial charge in [0.05, 0.1) is 0 Å². The van der Waals surface area contributed by atoms with Gasteiger partial charge in [-0.1, -0.05) is 27.7 Å². The Labute approximate surface area is 129 Å². The number of amides is 1. The molecule has 2 atom stereocenters. The van der Waals surface area contributed by atoms with Crippen molar-refractivity contribution in [2.45, 2.75) is 66.8 Å². The molecule has 0 aliphatic heterocycles. The number of rotatable bonds is 8. The first-order valence-corrected chi connectivity index (χ1v) is 7.66. The topological polar surface area (TPSA) is 93.0 Å². The second kappa shape index (κ2) is 12.9. The van der Waals surface area contributed by atoms with Gasteiger partial charge in [0, 0.05) is 6.54 Å². The highest BCUT2D eigenvalue weighted by Crippen LogP contribution is 2.04. The van der Waals surface area contributed by atoms with Crippen molar-refractivity contribution in [1.82, 2.24) is 10.2 Å². The Morgan fingerprint density at radius 2 is 1.48 bits per heavy atom. The van der Waals surface area contributed by atoms with Crippen LogP contribution in [0.5, 0.6) is 0 Å². The largest absolute Gasteiger partial charge is 0.465 e. The summed E-state index contributed by atoms with van der Waals surface area (Å²) in [5, 5.41) is 29.3. The van der Waals surface area contributed by atoms with Crippen molar-refractivity contribution < 1.29 is 20.1 Å². The van der Waals surface area contributed by atoms with Crippen LogP contribution >= 0.6 is 0 Å². The van der Waals surface area contributed by atoms with E-state index in [1.165, 1.54) is 6.92 Å². The second-order valence-electron chi connectivity index (χ2n) is 6.10. The molecule has 0 aromatic heterocycles. The Bertz CT molecular complexity index is 248. The molecule has 0 aromatic rings. The maximum atomic E-state index is 10.5. The van der Waals surface area contributed by atoms with Crippen LogP contribution in [-0.4, -0.2) is 51.9 Å². The number of hydrogen-bond donors (Lipinski definition) is 4. The van der Waals surface area contributed by atoms with Gasteiger partial charge >= 0.3 is 6.09 Å². The van der Waals surface area contributed by atoms with Gasteiger partial charge in [0.2, 0.25) is 0 Å². The zero-order valence-corrected chi connectivity index (χ0v) is 14.3. The van der Waals surface area contributed by atoms with Crippen LogP contribution in [0.4, 0.5) is 4.79 Å². The standard InChI is InChI=1S/C8H17NO3.C7H17NO/c1-6(2)4-5-9(7(3)10)8(11)12;1-6(2)4-5-8-7(3)9/h6-7,10H,4-5H2,1-3H3,(H,11,12);6-9H,4-5H2,1-3H3. The number of hydrogen-bond acceptors (Lipinski definition) is 4. The fourth-order valence-corrected chi connectivity index (χ4v) is 1.42. The van der Waals surface area contributed by atoms with E-state index in [4.69, 9.17) is 15.3 Å². The molecule has 6 nitrogen and oxygen atoms in total. The summed E-state index contributed by atoms with van der Waals surface area (Å²) in [5.74, 6) is 1.17. The molecular formula is C15H34N2O4. The van der Waals surface area contributed by atoms with Crippen molar-refractivity contribution >= 4 is 6.09 Å². The quantitative estimate of drug-likeness (QED) is 0.516. The van der Waals surface area contributed by atoms with Gasteiger partial charge in [-0.15, -0.1) is 0 Å². The lowest BCUT2D eigenvalue weighted by Crippen LogP contribution is -2.38. The van der Waals surface area contributed by atoms with Gasteiger partial charge in [0.1, 0.15) is 12.5 Å². The first-order valence-electron chi connectivity index (χ1n) is 7.66. The SMILES string of the molecule is CC(C)CCN(C(=O)O)C(C)O.CC(C)CCNC(C)O. The number of aliphatic hydroxyl groups excluding tert-OH is 2. The van der Waals surface area contributed by atoms with E-state index in [0.29, 0.717) is 12.5 Å². The molecule has 0 aliphatic rings. The second-order valence-corrected chi connectivity index (χ2v) is 6.10. The van der Waals surface area contributed by atoms with Crippen LogP contribution in [-0.2, 0) is 0 Å². The molecule has 21 heavy (non-hydrogen) atoms. The molecule has 0 saturated heterocycles. The van der Waals surface area contributed by atoms with E-state index >= 15 is 0 Å². The third-order valence-electron chi connectivity index (χ3n) is 2.81. The van der Waals surface area contributed by atoms with Crippen LogP contribution < -0.4 is 5.32 Å². The molecule has 2 unspecified atom stereocenters. The Morgan fingerprint density at radius 1 is 1.00 bits per heavy atom. The highest BCUT2D eigenvalue weighted by Gasteiger charge is 2.16. The van der Waals surface area contributed by atoms with Gasteiger partial charge in [-0.25, -0.2) is 4.79 Å². The minimum Gasteiger partial charge on any atom is -0.465 e. The van der Waals surface area contributed by atoms with E-state index in [9.17, 15) is 4.79 Å². The third-order valence-corrected chi connectivity index (χ3v) is 2.81. The molecule has 0 heterocycles. The zero-order chi connectivity index (χ0) is 17.0. The van der Waals surface area contributed by atoms with Crippen molar-refractivity contribution in [3.8, 4) is 0 Å². The predicted octanol–water partition coefficient (Wildman–Crippen LogP) is 2.31. The van der Waals surface area contributed by atoms with E-state index in [0.717, 1.165) is 30.2 Å². The van der Waals surface area contributed by atoms with E-state index in [-0.39, 0.29) is 6.23 Å². The van der Waals surface area contributed by atoms with Crippen molar-refractivity contribution in [1.29, 1.82) is 0 Å². The van der Waals surface area contributed by atoms with Crippen LogP contribution in [0.3, 0.4) is 0 Å². The molecule has 6 heteroatoms. The molecule has 0 bridgehead atoms. The molecule has 0 aliphatic carbocycles. The third kappa shape index (κ3) is 17.1. The van der Waals surface area contributed by atoms with Crippen molar-refractivity contribution in [3.63, 3.8) is 0 Å². The van der Waals surface area contributed by atoms with Gasteiger partial charge in [-0.05, 0) is 45.1 Å². The van der Waals surface area contributed by atoms with Gasteiger partial charge in [0.15, 0.2) is 0 Å². The van der Waals surface area contributed by atoms with Crippen molar-refractivity contribution in [2.24, 2.45) is 11.8 Å². The monoisotopic (exact) mass is 306 g/mol. The molecule has 0 fully saturated rings. The Hall–Kier alpha value is -0.850. The average molecular weight is 306 g/mol. The van der Waals surface area contributed by atoms with Gasteiger partial charge in [0.25, 0.3) is 0 Å². The Balaban J connectivity index is 0. The summed E-state index contributed by atoms with van der Waals surface area (Å²) in [6.45, 7) is 12.9. The lowest BCUT2D eigenvalue weighted by Gasteiger charge is -2.22. The van der Waals surface area contributed by atoms with Crippen LogP contribution in [0.2, 0.25) is 0 Å². The summed E-state index contributed by atoms with van der Waals surface area (Å²) >= 11 is 0. The minimum absolute atomic E-state index is 0.358. The van der Waals surface area contributed by atoms with Crippen LogP contribution in [0, 0.1) is 11.8 Å². The van der Waals surface area contributed by atoms with Crippen LogP contribution in [0.25, 0.3) is 0 Å². The maximum absolute atomic E-state index is 10.5. The smallest absolute Gasteiger partial charge is 0.409 e. The van der Waals surface area contributed by atoms with E-state index in [2.05, 4.69) is 19.2 Å². The molecule has 0 rings (SSSR count). The normalized spacial score (nSPS) is 13.6. The van der Waals surface area contributed by atoms with Gasteiger partial charge in [-0.2, -0.15) is 0 Å². The number of aliphatic hydroxyl groups is 2. The molecule has 0 aromatic carbocycles. The van der Waals surface area contributed by atoms with E-state index in [1.807, 2.05) is 13.8 Å². The summed E-state index contributed by atoms with van der Waals surface area (Å²) in [6, 6.07) is 0. The summed E-state index contributed by atoms with van der Waals surface area (Å²) in [6.07, 6.45) is -0.433. The van der Waals surface area contributed by atoms with Gasteiger partial charge in [-0.3, -0.25) is 10.2 Å². The van der Waals surface area contributed by atoms with Gasteiger partial charge < -0.3 is 15.3 Å². The first-order chi connectivity index (χ1) is 9.57. The van der Waals surface area contributed by atoms with Crippen LogP contribution in [0.15, 0.2) is 0 Å². The highest BCUT2D eigenvalue weighted by atomic mass is 16.4. The summed E-state index contributed by atoms with van der Waals surface area (Å²) in [4.78, 5) is 11.5. The van der Waals surface area contributed by atoms with Crippen molar-refractivity contribution in [3.05, 3.63) is 0 Å². The Kier molecular flexibility index (Phi) is 13.7. The first kappa shape index (κ1) is 22.4. The number of nitrogens with one attached hydrogen (secondary N) is 1. The molecule has 4 N–H and O–H groups in total. The lowest BCUT2D eigenvalue weighted by molar-refractivity contribution is 0.0228. The predicted molar refractivity (Wildman–Crippen MR) is 85.0 cm³/mol. The number of carboxylic acid groups (broad SMARTS) is 1. The summed E-state index contributed by atoms with van der Waals surface area (Å²) in [5.41, 5.74) is 0. The maximum Gasteiger partial charge on any atom is 0.409 e. The summed E-state index contributed by atoms with van der Waals surface area (Å²) < 4.78 is 0. The fraction of sp³-hybridized carbons (Fsp3) is 0.933. The van der Waals surface area contributed by atoms with Crippen LogP contribution in [0.1, 0.15) is 54.4 Å². The number of nitrogens with zero attached hydrogens (tertiary/aromatic N) is 1. The molecule has 0 spiro atoms. The van der Waals surface area contributed by atoms with E-state index < -0.39 is 12.3 Å². The Morgan fingerprint density at radius 3 is 1.76 bits per heavy atom. The zero-order valence-electron chi connectivity index (χ0n) is 14.3. The van der Waals surface area contributed by atoms with Crippen molar-refractivity contribution in [2.75, 3.05) is 13.1 Å². The minimum atomic E-state index is -1.06. The lowest BCUT2D eigenvalue weighted by atomic mass is 10.1. The molecule has 1 amide bonds. The van der Waals surface area contributed by atoms with E-state index in [1.54, 1.807) is 6.92 Å².